The number of allylic oxidation sites excluding steroid dienone is 1. The van der Waals surface area contributed by atoms with Gasteiger partial charge in [-0.15, -0.1) is 6.58 Å². The van der Waals surface area contributed by atoms with Gasteiger partial charge >= 0.3 is 0 Å². The lowest BCUT2D eigenvalue weighted by atomic mass is 10.3. The first-order chi connectivity index (χ1) is 7.56. The third-order valence-electron chi connectivity index (χ3n) is 1.87. The Morgan fingerprint density at radius 3 is 3.00 bits per heavy atom. The Balaban J connectivity index is 2.97. The highest BCUT2D eigenvalue weighted by molar-refractivity contribution is 6.32. The molecule has 0 unspecified atom stereocenters. The third-order valence-corrected chi connectivity index (χ3v) is 2.23. The van der Waals surface area contributed by atoms with Crippen LogP contribution in [-0.2, 0) is 6.54 Å². The molecule has 0 spiro atoms. The first kappa shape index (κ1) is 12.5. The Hall–Kier alpha value is -1.55. The largest absolute Gasteiger partial charge is 0.379 e. The summed E-state index contributed by atoms with van der Waals surface area (Å²) in [5, 5.41) is 7.09. The minimum absolute atomic E-state index is 0.137. The highest BCUT2D eigenvalue weighted by Gasteiger charge is 2.07. The fourth-order valence-electron chi connectivity index (χ4n) is 1.09. The van der Waals surface area contributed by atoms with Gasteiger partial charge in [0.15, 0.2) is 0 Å². The van der Waals surface area contributed by atoms with Gasteiger partial charge in [-0.1, -0.05) is 29.8 Å². The molecule has 86 valence electrons. The molecule has 0 fully saturated rings. The van der Waals surface area contributed by atoms with Gasteiger partial charge < -0.3 is 5.32 Å². The summed E-state index contributed by atoms with van der Waals surface area (Å²) in [5.74, 6) is 0. The summed E-state index contributed by atoms with van der Waals surface area (Å²) in [6, 6.07) is 0. The molecule has 5 heteroatoms. The lowest BCUT2D eigenvalue weighted by Crippen LogP contribution is -2.23. The SMILES string of the molecule is C=CCn1ncc(NCC(=C)C)c(Cl)c1=O. The number of halogens is 1. The molecule has 0 aromatic carbocycles. The molecule has 1 aromatic heterocycles. The van der Waals surface area contributed by atoms with Crippen LogP contribution in [0.2, 0.25) is 5.02 Å². The van der Waals surface area contributed by atoms with Gasteiger partial charge in [0, 0.05) is 6.54 Å². The molecule has 0 saturated carbocycles. The normalized spacial score (nSPS) is 9.88. The Labute approximate surface area is 99.2 Å². The molecule has 1 aromatic rings. The third kappa shape index (κ3) is 2.97. The topological polar surface area (TPSA) is 46.9 Å². The standard InChI is InChI=1S/C11H14ClN3O/c1-4-5-15-11(16)10(12)9(7-14-15)13-6-8(2)3/h4,7,13H,1-2,5-6H2,3H3. The van der Waals surface area contributed by atoms with Crippen molar-refractivity contribution < 1.29 is 0 Å². The molecule has 0 aliphatic heterocycles. The van der Waals surface area contributed by atoms with Crippen LogP contribution in [-0.4, -0.2) is 16.3 Å². The van der Waals surface area contributed by atoms with Gasteiger partial charge in [0.05, 0.1) is 18.4 Å². The van der Waals surface area contributed by atoms with Crippen molar-refractivity contribution in [1.82, 2.24) is 9.78 Å². The Morgan fingerprint density at radius 1 is 1.75 bits per heavy atom. The molecule has 0 aliphatic rings. The molecule has 0 saturated heterocycles. The number of aromatic nitrogens is 2. The zero-order valence-electron chi connectivity index (χ0n) is 9.16. The van der Waals surface area contributed by atoms with Crippen LogP contribution in [0.1, 0.15) is 6.92 Å². The van der Waals surface area contributed by atoms with Crippen molar-refractivity contribution in [2.75, 3.05) is 11.9 Å². The Bertz CT molecular complexity index is 465. The molecule has 4 nitrogen and oxygen atoms in total. The second-order valence-electron chi connectivity index (χ2n) is 3.46. The van der Waals surface area contributed by atoms with E-state index in [9.17, 15) is 4.79 Å². The predicted molar refractivity (Wildman–Crippen MR) is 67.0 cm³/mol. The van der Waals surface area contributed by atoms with Crippen LogP contribution in [0.4, 0.5) is 5.69 Å². The highest BCUT2D eigenvalue weighted by atomic mass is 35.5. The number of hydrogen-bond acceptors (Lipinski definition) is 3. The molecule has 16 heavy (non-hydrogen) atoms. The summed E-state index contributed by atoms with van der Waals surface area (Å²) in [7, 11) is 0. The second kappa shape index (κ2) is 5.51. The van der Waals surface area contributed by atoms with E-state index < -0.39 is 0 Å². The van der Waals surface area contributed by atoms with Crippen molar-refractivity contribution >= 4 is 17.3 Å². The van der Waals surface area contributed by atoms with Crippen molar-refractivity contribution in [3.63, 3.8) is 0 Å². The molecule has 1 N–H and O–H groups in total. The van der Waals surface area contributed by atoms with Gasteiger partial charge in [0.25, 0.3) is 5.56 Å². The van der Waals surface area contributed by atoms with Gasteiger partial charge in [0.2, 0.25) is 0 Å². The number of rotatable bonds is 5. The summed E-state index contributed by atoms with van der Waals surface area (Å²) >= 11 is 5.92. The smallest absolute Gasteiger partial charge is 0.287 e. The summed E-state index contributed by atoms with van der Waals surface area (Å²) in [4.78, 5) is 11.7. The first-order valence-electron chi connectivity index (χ1n) is 4.81. The first-order valence-corrected chi connectivity index (χ1v) is 5.18. The van der Waals surface area contributed by atoms with E-state index in [0.717, 1.165) is 5.57 Å². The number of nitrogens with one attached hydrogen (secondary N) is 1. The van der Waals surface area contributed by atoms with Crippen molar-refractivity contribution in [1.29, 1.82) is 0 Å². The minimum Gasteiger partial charge on any atom is -0.379 e. The zero-order valence-corrected chi connectivity index (χ0v) is 9.92. The number of anilines is 1. The van der Waals surface area contributed by atoms with Crippen molar-refractivity contribution in [3.8, 4) is 0 Å². The molecular weight excluding hydrogens is 226 g/mol. The molecular formula is C11H14ClN3O. The Kier molecular flexibility index (Phi) is 4.31. The predicted octanol–water partition coefficient (Wildman–Crippen LogP) is 2.07. The van der Waals surface area contributed by atoms with Crippen LogP contribution < -0.4 is 10.9 Å². The summed E-state index contributed by atoms with van der Waals surface area (Å²) in [5.41, 5.74) is 1.15. The van der Waals surface area contributed by atoms with Crippen LogP contribution >= 0.6 is 11.6 Å². The molecule has 0 radical (unpaired) electrons. The highest BCUT2D eigenvalue weighted by Crippen LogP contribution is 2.15. The maximum atomic E-state index is 11.7. The summed E-state index contributed by atoms with van der Waals surface area (Å²) in [6.07, 6.45) is 3.11. The molecule has 1 rings (SSSR count). The monoisotopic (exact) mass is 239 g/mol. The van der Waals surface area contributed by atoms with E-state index in [1.165, 1.54) is 10.9 Å². The second-order valence-corrected chi connectivity index (χ2v) is 3.84. The lowest BCUT2D eigenvalue weighted by molar-refractivity contribution is 0.653. The van der Waals surface area contributed by atoms with Gasteiger partial charge in [0.1, 0.15) is 5.02 Å². The molecule has 0 aliphatic carbocycles. The Morgan fingerprint density at radius 2 is 2.44 bits per heavy atom. The van der Waals surface area contributed by atoms with E-state index in [1.807, 2.05) is 6.92 Å². The molecule has 0 atom stereocenters. The van der Waals surface area contributed by atoms with Gasteiger partial charge in [-0.3, -0.25) is 4.79 Å². The quantitative estimate of drug-likeness (QED) is 0.801. The number of nitrogens with zero attached hydrogens (tertiary/aromatic N) is 2. The fraction of sp³-hybridized carbons (Fsp3) is 0.273. The van der Waals surface area contributed by atoms with Gasteiger partial charge in [-0.2, -0.15) is 5.10 Å². The van der Waals surface area contributed by atoms with Gasteiger partial charge in [-0.05, 0) is 6.92 Å². The van der Waals surface area contributed by atoms with E-state index in [2.05, 4.69) is 23.6 Å². The van der Waals surface area contributed by atoms with Crippen molar-refractivity contribution in [3.05, 3.63) is 46.4 Å². The van der Waals surface area contributed by atoms with Crippen LogP contribution in [0.25, 0.3) is 0 Å². The maximum absolute atomic E-state index is 11.7. The van der Waals surface area contributed by atoms with Crippen LogP contribution in [0.3, 0.4) is 0 Å². The average Bonchev–Trinajstić information content (AvgIpc) is 2.24. The van der Waals surface area contributed by atoms with E-state index in [1.54, 1.807) is 6.08 Å². The average molecular weight is 240 g/mol. The van der Waals surface area contributed by atoms with Gasteiger partial charge in [-0.25, -0.2) is 4.68 Å². The van der Waals surface area contributed by atoms with E-state index in [4.69, 9.17) is 11.6 Å². The molecule has 0 bridgehead atoms. The zero-order chi connectivity index (χ0) is 12.1. The van der Waals surface area contributed by atoms with Crippen LogP contribution in [0, 0.1) is 0 Å². The number of hydrogen-bond donors (Lipinski definition) is 1. The van der Waals surface area contributed by atoms with Crippen LogP contribution in [0.5, 0.6) is 0 Å². The minimum atomic E-state index is -0.326. The van der Waals surface area contributed by atoms with Crippen LogP contribution in [0.15, 0.2) is 35.8 Å². The lowest BCUT2D eigenvalue weighted by Gasteiger charge is -2.08. The van der Waals surface area contributed by atoms with E-state index in [0.29, 0.717) is 18.8 Å². The maximum Gasteiger partial charge on any atom is 0.287 e. The summed E-state index contributed by atoms with van der Waals surface area (Å²) < 4.78 is 1.25. The molecule has 0 amide bonds. The molecule has 1 heterocycles. The van der Waals surface area contributed by atoms with Crippen molar-refractivity contribution in [2.24, 2.45) is 0 Å². The summed E-state index contributed by atoms with van der Waals surface area (Å²) in [6.45, 7) is 10.1. The van der Waals surface area contributed by atoms with Crippen molar-refractivity contribution in [2.45, 2.75) is 13.5 Å². The fourth-order valence-corrected chi connectivity index (χ4v) is 1.30. The van der Waals surface area contributed by atoms with E-state index in [-0.39, 0.29) is 10.6 Å². The van der Waals surface area contributed by atoms with E-state index >= 15 is 0 Å².